The third kappa shape index (κ3) is 4.29. The zero-order valence-corrected chi connectivity index (χ0v) is 14.9. The van der Waals surface area contributed by atoms with Crippen LogP contribution >= 0.6 is 0 Å². The van der Waals surface area contributed by atoms with Crippen LogP contribution in [0, 0.1) is 17.0 Å². The fourth-order valence-electron chi connectivity index (χ4n) is 2.29. The van der Waals surface area contributed by atoms with Crippen molar-refractivity contribution in [3.05, 3.63) is 48.0 Å². The number of rotatable bonds is 2. The highest BCUT2D eigenvalue weighted by Gasteiger charge is 2.25. The van der Waals surface area contributed by atoms with Crippen molar-refractivity contribution in [2.45, 2.75) is 33.3 Å². The number of hydrogen-bond donors (Lipinski definition) is 4. The zero-order chi connectivity index (χ0) is 20.5. The molecule has 2 aromatic rings. The lowest BCUT2D eigenvalue weighted by atomic mass is 10.0. The number of nitrogens with one attached hydrogen (secondary N) is 4. The largest absolute Gasteiger partial charge is 0.443 e. The van der Waals surface area contributed by atoms with Gasteiger partial charge in [0.25, 0.3) is 11.6 Å². The van der Waals surface area contributed by atoms with Crippen molar-refractivity contribution in [1.82, 2.24) is 20.8 Å². The molecule has 0 atom stereocenters. The summed E-state index contributed by atoms with van der Waals surface area (Å²) in [4.78, 5) is 62.1. The summed E-state index contributed by atoms with van der Waals surface area (Å²) in [5.74, 6) is -0.949. The minimum atomic E-state index is -1.04. The fourth-order valence-corrected chi connectivity index (χ4v) is 2.29. The van der Waals surface area contributed by atoms with Gasteiger partial charge in [0.1, 0.15) is 5.60 Å². The highest BCUT2D eigenvalue weighted by molar-refractivity contribution is 6.07. The molecular formula is C15H17N5O7. The van der Waals surface area contributed by atoms with E-state index in [1.54, 1.807) is 20.8 Å². The van der Waals surface area contributed by atoms with Crippen LogP contribution in [0.3, 0.4) is 0 Å². The van der Waals surface area contributed by atoms with Crippen molar-refractivity contribution in [2.24, 2.45) is 0 Å². The Morgan fingerprint density at radius 3 is 2.30 bits per heavy atom. The molecule has 1 aromatic carbocycles. The van der Waals surface area contributed by atoms with E-state index in [9.17, 15) is 29.3 Å². The summed E-state index contributed by atoms with van der Waals surface area (Å²) in [6.07, 6.45) is -0.954. The average molecular weight is 379 g/mol. The quantitative estimate of drug-likeness (QED) is 0.335. The van der Waals surface area contributed by atoms with E-state index in [4.69, 9.17) is 4.74 Å². The first-order valence-electron chi connectivity index (χ1n) is 7.64. The standard InChI is InChI=1S/C15H17N5O7/c1-6-8(20(25)26)5-7-10(17-13(23)12(22)16-7)9(6)11(21)18-19-14(24)27-15(2,3)4/h5H,1-4H3,(H,16,22)(H,17,23)(H,18,21)(H,19,24). The molecule has 12 heteroatoms. The molecule has 0 aliphatic carbocycles. The van der Waals surface area contributed by atoms with Crippen LogP contribution in [0.25, 0.3) is 11.0 Å². The molecule has 0 aliphatic heterocycles. The lowest BCUT2D eigenvalue weighted by molar-refractivity contribution is -0.385. The third-order valence-corrected chi connectivity index (χ3v) is 3.35. The molecule has 144 valence electrons. The minimum absolute atomic E-state index is 0.0707. The number of benzene rings is 1. The molecular weight excluding hydrogens is 362 g/mol. The summed E-state index contributed by atoms with van der Waals surface area (Å²) in [5, 5.41) is 11.2. The molecule has 12 nitrogen and oxygen atoms in total. The molecule has 4 N–H and O–H groups in total. The van der Waals surface area contributed by atoms with Gasteiger partial charge in [-0.05, 0) is 27.7 Å². The lowest BCUT2D eigenvalue weighted by Gasteiger charge is -2.20. The topological polar surface area (TPSA) is 176 Å². The van der Waals surface area contributed by atoms with Gasteiger partial charge in [-0.2, -0.15) is 0 Å². The molecule has 0 aliphatic rings. The highest BCUT2D eigenvalue weighted by Crippen LogP contribution is 2.27. The van der Waals surface area contributed by atoms with Crippen LogP contribution in [0.2, 0.25) is 0 Å². The lowest BCUT2D eigenvalue weighted by Crippen LogP contribution is -2.44. The number of hydrogen-bond acceptors (Lipinski definition) is 7. The van der Waals surface area contributed by atoms with Gasteiger partial charge in [0.15, 0.2) is 0 Å². The highest BCUT2D eigenvalue weighted by atomic mass is 16.6. The molecule has 1 heterocycles. The van der Waals surface area contributed by atoms with Crippen LogP contribution in [0.1, 0.15) is 36.7 Å². The predicted octanol–water partition coefficient (Wildman–Crippen LogP) is 0.603. The first-order valence-corrected chi connectivity index (χ1v) is 7.64. The Hall–Kier alpha value is -3.70. The molecule has 2 amide bonds. The predicted molar refractivity (Wildman–Crippen MR) is 93.4 cm³/mol. The van der Waals surface area contributed by atoms with Gasteiger partial charge >= 0.3 is 17.2 Å². The number of nitrogens with zero attached hydrogens (tertiary/aromatic N) is 1. The van der Waals surface area contributed by atoms with Gasteiger partial charge in [-0.25, -0.2) is 10.2 Å². The second-order valence-electron chi connectivity index (χ2n) is 6.56. The molecule has 0 saturated heterocycles. The number of hydrazine groups is 1. The second-order valence-corrected chi connectivity index (χ2v) is 6.56. The fraction of sp³-hybridized carbons (Fsp3) is 0.333. The Morgan fingerprint density at radius 1 is 1.15 bits per heavy atom. The number of amides is 2. The van der Waals surface area contributed by atoms with Crippen molar-refractivity contribution in [1.29, 1.82) is 0 Å². The summed E-state index contributed by atoms with van der Waals surface area (Å²) in [5.41, 5.74) is 0.145. The Bertz CT molecular complexity index is 1060. The van der Waals surface area contributed by atoms with Crippen LogP contribution in [0.5, 0.6) is 0 Å². The monoisotopic (exact) mass is 379 g/mol. The maximum Gasteiger partial charge on any atom is 0.426 e. The number of carbonyl (C=O) groups is 2. The van der Waals surface area contributed by atoms with Gasteiger partial charge in [-0.3, -0.25) is 29.9 Å². The van der Waals surface area contributed by atoms with Gasteiger partial charge in [0.2, 0.25) is 0 Å². The van der Waals surface area contributed by atoms with E-state index >= 15 is 0 Å². The van der Waals surface area contributed by atoms with E-state index in [0.29, 0.717) is 0 Å². The number of ether oxygens (including phenoxy) is 1. The molecule has 0 bridgehead atoms. The van der Waals surface area contributed by atoms with Gasteiger partial charge in [0.05, 0.1) is 21.5 Å². The van der Waals surface area contributed by atoms with Crippen LogP contribution in [0.15, 0.2) is 15.7 Å². The molecule has 0 fully saturated rings. The number of H-pyrrole nitrogens is 2. The van der Waals surface area contributed by atoms with Gasteiger partial charge in [-0.15, -0.1) is 0 Å². The Kier molecular flexibility index (Phi) is 5.01. The van der Waals surface area contributed by atoms with Crippen molar-refractivity contribution in [3.8, 4) is 0 Å². The molecule has 1 aromatic heterocycles. The average Bonchev–Trinajstić information content (AvgIpc) is 2.52. The normalized spacial score (nSPS) is 11.1. The summed E-state index contributed by atoms with van der Waals surface area (Å²) >= 11 is 0. The number of aromatic nitrogens is 2. The first-order chi connectivity index (χ1) is 12.4. The Labute approximate surface area is 151 Å². The zero-order valence-electron chi connectivity index (χ0n) is 14.9. The summed E-state index contributed by atoms with van der Waals surface area (Å²) in [6, 6.07) is 1.03. The van der Waals surface area contributed by atoms with Gasteiger partial charge in [0, 0.05) is 11.6 Å². The third-order valence-electron chi connectivity index (χ3n) is 3.35. The maximum atomic E-state index is 12.5. The maximum absolute atomic E-state index is 12.5. The van der Waals surface area contributed by atoms with Crippen LogP contribution in [-0.2, 0) is 4.74 Å². The summed E-state index contributed by atoms with van der Waals surface area (Å²) in [7, 11) is 0. The van der Waals surface area contributed by atoms with E-state index in [1.165, 1.54) is 6.92 Å². The van der Waals surface area contributed by atoms with Crippen molar-refractivity contribution in [3.63, 3.8) is 0 Å². The smallest absolute Gasteiger partial charge is 0.426 e. The van der Waals surface area contributed by atoms with Crippen LogP contribution < -0.4 is 22.0 Å². The van der Waals surface area contributed by atoms with E-state index in [-0.39, 0.29) is 22.2 Å². The van der Waals surface area contributed by atoms with Crippen molar-refractivity contribution in [2.75, 3.05) is 0 Å². The Balaban J connectivity index is 2.50. The Morgan fingerprint density at radius 2 is 1.74 bits per heavy atom. The second kappa shape index (κ2) is 6.90. The van der Waals surface area contributed by atoms with Crippen LogP contribution in [-0.4, -0.2) is 32.5 Å². The first kappa shape index (κ1) is 19.6. The van der Waals surface area contributed by atoms with E-state index in [1.807, 2.05) is 5.43 Å². The van der Waals surface area contributed by atoms with Gasteiger partial charge < -0.3 is 14.7 Å². The van der Waals surface area contributed by atoms with Gasteiger partial charge in [-0.1, -0.05) is 0 Å². The summed E-state index contributed by atoms with van der Waals surface area (Å²) < 4.78 is 4.96. The molecule has 0 spiro atoms. The minimum Gasteiger partial charge on any atom is -0.443 e. The molecule has 0 radical (unpaired) electrons. The van der Waals surface area contributed by atoms with E-state index < -0.39 is 39.3 Å². The number of aromatic amines is 2. The molecule has 0 unspecified atom stereocenters. The molecule has 0 saturated carbocycles. The molecule has 2 rings (SSSR count). The van der Waals surface area contributed by atoms with Crippen molar-refractivity contribution >= 4 is 28.7 Å². The van der Waals surface area contributed by atoms with E-state index in [2.05, 4.69) is 15.4 Å². The molecule has 27 heavy (non-hydrogen) atoms. The number of carbonyl (C=O) groups excluding carboxylic acids is 2. The summed E-state index contributed by atoms with van der Waals surface area (Å²) in [6.45, 7) is 6.15. The van der Waals surface area contributed by atoms with Crippen LogP contribution in [0.4, 0.5) is 10.5 Å². The SMILES string of the molecule is Cc1c([N+](=O)[O-])cc2[nH]c(=O)c(=O)[nH]c2c1C(=O)NNC(=O)OC(C)(C)C. The van der Waals surface area contributed by atoms with E-state index in [0.717, 1.165) is 6.07 Å². The number of nitro benzene ring substituents is 1. The number of nitro groups is 1. The van der Waals surface area contributed by atoms with Crippen molar-refractivity contribution < 1.29 is 19.2 Å². The number of fused-ring (bicyclic) bond motifs is 1.